The molecule has 152 valence electrons. The number of hydrogen-bond donors (Lipinski definition) is 1. The van der Waals surface area contributed by atoms with Gasteiger partial charge in [0.25, 0.3) is 11.7 Å². The molecule has 0 bridgehead atoms. The van der Waals surface area contributed by atoms with Crippen LogP contribution in [-0.2, 0) is 10.0 Å². The maximum atomic E-state index is 12.4. The lowest BCUT2D eigenvalue weighted by Crippen LogP contribution is -2.38. The third kappa shape index (κ3) is 4.22. The topological polar surface area (TPSA) is 119 Å². The highest BCUT2D eigenvalue weighted by atomic mass is 32.2. The maximum Gasteiger partial charge on any atom is 0.298 e. The summed E-state index contributed by atoms with van der Waals surface area (Å²) >= 11 is 0. The molecule has 0 aliphatic carbocycles. The molecule has 9 nitrogen and oxygen atoms in total. The Balaban J connectivity index is 1.32. The summed E-state index contributed by atoms with van der Waals surface area (Å²) in [4.78, 5) is 16.7. The summed E-state index contributed by atoms with van der Waals surface area (Å²) in [5.41, 5.74) is 1.43. The average Bonchev–Trinajstić information content (AvgIpc) is 3.17. The summed E-state index contributed by atoms with van der Waals surface area (Å²) in [6.07, 6.45) is 1.61. The monoisotopic (exact) mass is 416 g/mol. The number of nitrogens with one attached hydrogen (secondary N) is 1. The summed E-state index contributed by atoms with van der Waals surface area (Å²) in [5, 5.41) is 10.7. The van der Waals surface area contributed by atoms with Gasteiger partial charge in [0.1, 0.15) is 5.52 Å². The van der Waals surface area contributed by atoms with E-state index < -0.39 is 14.9 Å². The largest absolute Gasteiger partial charge is 0.423 e. The van der Waals surface area contributed by atoms with Gasteiger partial charge >= 0.3 is 0 Å². The van der Waals surface area contributed by atoms with Crippen LogP contribution in [0.4, 0.5) is 11.7 Å². The van der Waals surface area contributed by atoms with Crippen molar-refractivity contribution >= 4 is 32.8 Å². The smallest absolute Gasteiger partial charge is 0.298 e. The molecule has 1 aromatic heterocycles. The highest BCUT2D eigenvalue weighted by molar-refractivity contribution is 7.89. The fraction of sp³-hybridized carbons (Fsp3) is 0.316. The van der Waals surface area contributed by atoms with Gasteiger partial charge in [-0.25, -0.2) is 13.1 Å². The number of non-ortho nitro benzene ring substituents is 1. The van der Waals surface area contributed by atoms with E-state index in [1.54, 1.807) is 0 Å². The second kappa shape index (κ2) is 7.80. The van der Waals surface area contributed by atoms with Crippen LogP contribution in [0, 0.1) is 16.0 Å². The van der Waals surface area contributed by atoms with Crippen molar-refractivity contribution in [3.05, 3.63) is 58.6 Å². The van der Waals surface area contributed by atoms with E-state index in [4.69, 9.17) is 4.42 Å². The number of sulfonamides is 1. The number of anilines is 1. The zero-order valence-electron chi connectivity index (χ0n) is 15.5. The molecule has 0 atom stereocenters. The number of nitro benzene ring substituents is 1. The molecule has 2 heterocycles. The number of aromatic nitrogens is 1. The van der Waals surface area contributed by atoms with Gasteiger partial charge in [-0.3, -0.25) is 10.1 Å². The highest BCUT2D eigenvalue weighted by Crippen LogP contribution is 2.26. The van der Waals surface area contributed by atoms with Crippen molar-refractivity contribution in [3.63, 3.8) is 0 Å². The molecule has 1 aliphatic rings. The molecule has 2 aromatic carbocycles. The zero-order chi connectivity index (χ0) is 20.4. The fourth-order valence-corrected chi connectivity index (χ4v) is 4.50. The third-order valence-corrected chi connectivity index (χ3v) is 6.53. The lowest BCUT2D eigenvalue weighted by molar-refractivity contribution is -0.384. The molecule has 0 radical (unpaired) electrons. The number of para-hydroxylation sites is 2. The van der Waals surface area contributed by atoms with E-state index in [0.29, 0.717) is 12.6 Å². The van der Waals surface area contributed by atoms with Crippen LogP contribution in [0.25, 0.3) is 11.1 Å². The molecule has 1 N–H and O–H groups in total. The molecule has 0 unspecified atom stereocenters. The second-order valence-corrected chi connectivity index (χ2v) is 8.76. The molecule has 1 aliphatic heterocycles. The molecule has 0 amide bonds. The Bertz CT molecular complexity index is 1090. The predicted octanol–water partition coefficient (Wildman–Crippen LogP) is 2.93. The van der Waals surface area contributed by atoms with E-state index in [-0.39, 0.29) is 16.5 Å². The summed E-state index contributed by atoms with van der Waals surface area (Å²) in [6.45, 7) is 1.79. The van der Waals surface area contributed by atoms with Gasteiger partial charge in [0.05, 0.1) is 9.82 Å². The van der Waals surface area contributed by atoms with Crippen LogP contribution in [0.1, 0.15) is 12.8 Å². The molecular weight excluding hydrogens is 396 g/mol. The minimum Gasteiger partial charge on any atom is -0.423 e. The van der Waals surface area contributed by atoms with Gasteiger partial charge in [-0.1, -0.05) is 12.1 Å². The number of piperidine rings is 1. The number of nitro groups is 1. The first kappa shape index (κ1) is 19.3. The van der Waals surface area contributed by atoms with Crippen LogP contribution >= 0.6 is 0 Å². The molecule has 1 saturated heterocycles. The Labute approximate surface area is 167 Å². The number of oxazole rings is 1. The standard InChI is InChI=1S/C19H20N4O5S/c24-23(25)15-5-7-16(8-6-15)29(26,27)20-13-14-9-11-22(12-10-14)19-21-17-3-1-2-4-18(17)28-19/h1-8,14,20H,9-13H2. The quantitative estimate of drug-likeness (QED) is 0.485. The lowest BCUT2D eigenvalue weighted by Gasteiger charge is -2.30. The van der Waals surface area contributed by atoms with Crippen LogP contribution in [0.5, 0.6) is 0 Å². The van der Waals surface area contributed by atoms with Crippen molar-refractivity contribution in [2.75, 3.05) is 24.5 Å². The number of fused-ring (bicyclic) bond motifs is 1. The van der Waals surface area contributed by atoms with Crippen LogP contribution in [0.15, 0.2) is 57.8 Å². The van der Waals surface area contributed by atoms with Crippen molar-refractivity contribution < 1.29 is 17.8 Å². The second-order valence-electron chi connectivity index (χ2n) is 7.00. The molecule has 3 aromatic rings. The first-order valence-corrected chi connectivity index (χ1v) is 10.8. The van der Waals surface area contributed by atoms with Gasteiger partial charge in [0.15, 0.2) is 5.58 Å². The van der Waals surface area contributed by atoms with Gasteiger partial charge in [0, 0.05) is 31.8 Å². The molecule has 0 saturated carbocycles. The van der Waals surface area contributed by atoms with Gasteiger partial charge in [-0.2, -0.15) is 4.98 Å². The minimum absolute atomic E-state index is 0.0204. The Kier molecular flexibility index (Phi) is 5.20. The van der Waals surface area contributed by atoms with Crippen molar-refractivity contribution in [1.29, 1.82) is 0 Å². The van der Waals surface area contributed by atoms with Crippen molar-refractivity contribution in [1.82, 2.24) is 9.71 Å². The summed E-state index contributed by atoms with van der Waals surface area (Å²) < 4.78 is 33.3. The third-order valence-electron chi connectivity index (χ3n) is 5.09. The van der Waals surface area contributed by atoms with Crippen LogP contribution in [-0.4, -0.2) is 38.0 Å². The molecule has 4 rings (SSSR count). The van der Waals surface area contributed by atoms with Crippen molar-refractivity contribution in [3.8, 4) is 0 Å². The van der Waals surface area contributed by atoms with Gasteiger partial charge in [-0.05, 0) is 43.0 Å². The molecule has 1 fully saturated rings. The first-order valence-electron chi connectivity index (χ1n) is 9.27. The normalized spacial score (nSPS) is 15.7. The lowest BCUT2D eigenvalue weighted by atomic mass is 9.97. The van der Waals surface area contributed by atoms with Gasteiger partial charge in [0.2, 0.25) is 10.0 Å². The van der Waals surface area contributed by atoms with E-state index in [9.17, 15) is 18.5 Å². The van der Waals surface area contributed by atoms with Gasteiger partial charge in [-0.15, -0.1) is 0 Å². The van der Waals surface area contributed by atoms with E-state index in [2.05, 4.69) is 14.6 Å². The Hall–Kier alpha value is -2.98. The summed E-state index contributed by atoms with van der Waals surface area (Å²) in [6, 6.07) is 13.1. The van der Waals surface area contributed by atoms with Crippen molar-refractivity contribution in [2.24, 2.45) is 5.92 Å². The highest BCUT2D eigenvalue weighted by Gasteiger charge is 2.24. The number of hydrogen-bond acceptors (Lipinski definition) is 7. The summed E-state index contributed by atoms with van der Waals surface area (Å²) in [5.74, 6) is 0.198. The molecule has 29 heavy (non-hydrogen) atoms. The Morgan fingerprint density at radius 1 is 1.14 bits per heavy atom. The number of rotatable bonds is 6. The number of nitrogens with zero attached hydrogens (tertiary/aromatic N) is 3. The first-order chi connectivity index (χ1) is 13.9. The molecular formula is C19H20N4O5S. The van der Waals surface area contributed by atoms with E-state index in [1.165, 1.54) is 24.3 Å². The SMILES string of the molecule is O=[N+]([O-])c1ccc(S(=O)(=O)NCC2CCN(c3nc4ccccc4o3)CC2)cc1. The van der Waals surface area contributed by atoms with Crippen LogP contribution in [0.3, 0.4) is 0 Å². The Morgan fingerprint density at radius 2 is 1.83 bits per heavy atom. The predicted molar refractivity (Wildman–Crippen MR) is 107 cm³/mol. The van der Waals surface area contributed by atoms with E-state index in [0.717, 1.165) is 37.0 Å². The number of benzene rings is 2. The summed E-state index contributed by atoms with van der Waals surface area (Å²) in [7, 11) is -3.70. The fourth-order valence-electron chi connectivity index (χ4n) is 3.38. The molecule has 10 heteroatoms. The zero-order valence-corrected chi connectivity index (χ0v) is 16.3. The van der Waals surface area contributed by atoms with E-state index in [1.807, 2.05) is 24.3 Å². The maximum absolute atomic E-state index is 12.4. The van der Waals surface area contributed by atoms with Gasteiger partial charge < -0.3 is 9.32 Å². The average molecular weight is 416 g/mol. The van der Waals surface area contributed by atoms with Crippen LogP contribution in [0.2, 0.25) is 0 Å². The minimum atomic E-state index is -3.70. The Morgan fingerprint density at radius 3 is 2.48 bits per heavy atom. The van der Waals surface area contributed by atoms with Crippen molar-refractivity contribution in [2.45, 2.75) is 17.7 Å². The van der Waals surface area contributed by atoms with Crippen LogP contribution < -0.4 is 9.62 Å². The van der Waals surface area contributed by atoms with E-state index >= 15 is 0 Å². The molecule has 0 spiro atoms.